The van der Waals surface area contributed by atoms with Crippen LogP contribution in [0.3, 0.4) is 0 Å². The number of benzene rings is 3. The van der Waals surface area contributed by atoms with Gasteiger partial charge in [0, 0.05) is 0 Å². The van der Waals surface area contributed by atoms with E-state index in [9.17, 15) is 0 Å². The van der Waals surface area contributed by atoms with Crippen molar-refractivity contribution < 1.29 is 0 Å². The number of aliphatic imine (C=N–C) groups is 4. The van der Waals surface area contributed by atoms with Crippen LogP contribution in [0.2, 0.25) is 0 Å². The molecule has 218 valence electrons. The Bertz CT molecular complexity index is 1760. The van der Waals surface area contributed by atoms with Crippen LogP contribution in [0.1, 0.15) is 61.6 Å². The molecule has 0 aliphatic carbocycles. The molecule has 0 saturated heterocycles. The maximum atomic E-state index is 4.96. The molecule has 3 aromatic carbocycles. The summed E-state index contributed by atoms with van der Waals surface area (Å²) < 4.78 is 0. The van der Waals surface area contributed by atoms with Gasteiger partial charge < -0.3 is 0 Å². The topological polar surface area (TPSA) is 75.2 Å². The first-order valence-corrected chi connectivity index (χ1v) is 14.6. The highest BCUT2D eigenvalue weighted by Crippen LogP contribution is 2.30. The summed E-state index contributed by atoms with van der Waals surface area (Å²) in [5.74, 6) is 0. The van der Waals surface area contributed by atoms with Gasteiger partial charge in [0.05, 0.1) is 68.4 Å². The van der Waals surface area contributed by atoms with Gasteiger partial charge in [-0.3, -0.25) is 20.0 Å². The summed E-state index contributed by atoms with van der Waals surface area (Å²) in [6, 6.07) is 35.9. The van der Waals surface area contributed by atoms with Gasteiger partial charge in [-0.1, -0.05) is 48.5 Å². The number of para-hydroxylation sites is 2. The lowest BCUT2D eigenvalue weighted by molar-refractivity contribution is 1.23. The molecule has 0 aliphatic rings. The second-order valence-corrected chi connectivity index (χ2v) is 10.7. The molecule has 0 saturated carbocycles. The summed E-state index contributed by atoms with van der Waals surface area (Å²) in [5.41, 5.74) is 12.3. The molecule has 44 heavy (non-hydrogen) atoms. The van der Waals surface area contributed by atoms with E-state index in [1.165, 1.54) is 0 Å². The van der Waals surface area contributed by atoms with Gasteiger partial charge in [-0.05, 0) is 113 Å². The van der Waals surface area contributed by atoms with Crippen molar-refractivity contribution in [2.24, 2.45) is 20.0 Å². The van der Waals surface area contributed by atoms with Crippen LogP contribution in [0.4, 0.5) is 22.7 Å². The third-order valence-corrected chi connectivity index (χ3v) is 7.18. The zero-order valence-corrected chi connectivity index (χ0v) is 26.1. The molecule has 0 atom stereocenters. The van der Waals surface area contributed by atoms with Crippen LogP contribution in [0.5, 0.6) is 0 Å². The highest BCUT2D eigenvalue weighted by molar-refractivity contribution is 6.03. The average molecular weight is 577 g/mol. The Morgan fingerprint density at radius 2 is 0.727 bits per heavy atom. The van der Waals surface area contributed by atoms with Crippen molar-refractivity contribution in [1.29, 1.82) is 0 Å². The number of nitrogens with zero attached hydrogens (tertiary/aromatic N) is 6. The predicted octanol–water partition coefficient (Wildman–Crippen LogP) is 9.66. The molecule has 2 aromatic heterocycles. The molecule has 5 aromatic rings. The molecule has 6 heteroatoms. The summed E-state index contributed by atoms with van der Waals surface area (Å²) in [6.45, 7) is 12.0. The molecular formula is C38H36N6. The summed E-state index contributed by atoms with van der Waals surface area (Å²) >= 11 is 0. The van der Waals surface area contributed by atoms with Gasteiger partial charge in [0.2, 0.25) is 0 Å². The molecule has 0 amide bonds. The van der Waals surface area contributed by atoms with E-state index in [1.54, 1.807) is 0 Å². The molecule has 0 spiro atoms. The molecule has 0 N–H and O–H groups in total. The van der Waals surface area contributed by atoms with Crippen LogP contribution < -0.4 is 0 Å². The minimum atomic E-state index is 0.817. The minimum absolute atomic E-state index is 0.817. The van der Waals surface area contributed by atoms with E-state index in [0.717, 1.165) is 79.5 Å². The van der Waals surface area contributed by atoms with Crippen molar-refractivity contribution >= 4 is 45.6 Å². The third kappa shape index (κ3) is 7.53. The predicted molar refractivity (Wildman–Crippen MR) is 185 cm³/mol. The van der Waals surface area contributed by atoms with Crippen molar-refractivity contribution in [3.63, 3.8) is 0 Å². The number of hydrogen-bond acceptors (Lipinski definition) is 6. The van der Waals surface area contributed by atoms with Crippen molar-refractivity contribution in [2.75, 3.05) is 0 Å². The molecule has 0 bridgehead atoms. The lowest BCUT2D eigenvalue weighted by atomic mass is 10.1. The number of aromatic nitrogens is 2. The first-order chi connectivity index (χ1) is 21.3. The lowest BCUT2D eigenvalue weighted by Crippen LogP contribution is -2.05. The highest BCUT2D eigenvalue weighted by Gasteiger charge is 2.10. The fraction of sp³-hybridized carbons (Fsp3) is 0.158. The summed E-state index contributed by atoms with van der Waals surface area (Å²) in [6.07, 6.45) is 0. The zero-order chi connectivity index (χ0) is 31.1. The molecule has 0 radical (unpaired) electrons. The van der Waals surface area contributed by atoms with Gasteiger partial charge in [-0.15, -0.1) is 0 Å². The molecule has 6 nitrogen and oxygen atoms in total. The van der Waals surface area contributed by atoms with E-state index < -0.39 is 0 Å². The van der Waals surface area contributed by atoms with Gasteiger partial charge in [0.1, 0.15) is 0 Å². The van der Waals surface area contributed by atoms with E-state index in [1.807, 2.05) is 125 Å². The SMILES string of the molecule is CC(=Nc1ccccc1)c1cccc(C(C)=Nc2cc(C)c(N=C(C)c3cccc(C(C)=Nc4ccccc4)n3)cc2C)n1. The monoisotopic (exact) mass is 576 g/mol. The van der Waals surface area contributed by atoms with Crippen molar-refractivity contribution in [3.05, 3.63) is 143 Å². The fourth-order valence-corrected chi connectivity index (χ4v) is 4.68. The normalized spacial score (nSPS) is 12.9. The Labute approximate surface area is 259 Å². The molecule has 0 aliphatic heterocycles. The average Bonchev–Trinajstić information content (AvgIpc) is 3.04. The Morgan fingerprint density at radius 3 is 1.07 bits per heavy atom. The van der Waals surface area contributed by atoms with Gasteiger partial charge in [0.25, 0.3) is 0 Å². The van der Waals surface area contributed by atoms with E-state index in [0.29, 0.717) is 0 Å². The first-order valence-electron chi connectivity index (χ1n) is 14.6. The van der Waals surface area contributed by atoms with Crippen LogP contribution >= 0.6 is 0 Å². The van der Waals surface area contributed by atoms with Crippen LogP contribution in [-0.4, -0.2) is 32.8 Å². The van der Waals surface area contributed by atoms with E-state index in [2.05, 4.69) is 26.0 Å². The Balaban J connectivity index is 1.38. The largest absolute Gasteiger partial charge is 0.252 e. The fourth-order valence-electron chi connectivity index (χ4n) is 4.68. The Kier molecular flexibility index (Phi) is 9.40. The smallest absolute Gasteiger partial charge is 0.0849 e. The molecule has 2 heterocycles. The molecule has 0 unspecified atom stereocenters. The minimum Gasteiger partial charge on any atom is -0.252 e. The number of aryl methyl sites for hydroxylation is 2. The van der Waals surface area contributed by atoms with Crippen LogP contribution in [-0.2, 0) is 0 Å². The van der Waals surface area contributed by atoms with Gasteiger partial charge in [0.15, 0.2) is 0 Å². The summed E-state index contributed by atoms with van der Waals surface area (Å²) in [5, 5.41) is 0. The third-order valence-electron chi connectivity index (χ3n) is 7.18. The quantitative estimate of drug-likeness (QED) is 0.172. The molecule has 0 fully saturated rings. The zero-order valence-electron chi connectivity index (χ0n) is 26.1. The molecular weight excluding hydrogens is 540 g/mol. The number of hydrogen-bond donors (Lipinski definition) is 0. The van der Waals surface area contributed by atoms with Crippen LogP contribution in [0.15, 0.2) is 129 Å². The highest BCUT2D eigenvalue weighted by atomic mass is 14.9. The van der Waals surface area contributed by atoms with E-state index in [-0.39, 0.29) is 0 Å². The summed E-state index contributed by atoms with van der Waals surface area (Å²) in [7, 11) is 0. The van der Waals surface area contributed by atoms with Crippen molar-refractivity contribution in [3.8, 4) is 0 Å². The van der Waals surface area contributed by atoms with Crippen LogP contribution in [0, 0.1) is 13.8 Å². The number of pyridine rings is 2. The maximum absolute atomic E-state index is 4.96. The van der Waals surface area contributed by atoms with Gasteiger partial charge >= 0.3 is 0 Å². The van der Waals surface area contributed by atoms with Gasteiger partial charge in [-0.2, -0.15) is 0 Å². The maximum Gasteiger partial charge on any atom is 0.0849 e. The first kappa shape index (κ1) is 30.1. The van der Waals surface area contributed by atoms with E-state index >= 15 is 0 Å². The second kappa shape index (κ2) is 13.7. The van der Waals surface area contributed by atoms with Crippen LogP contribution in [0.25, 0.3) is 0 Å². The second-order valence-electron chi connectivity index (χ2n) is 10.7. The van der Waals surface area contributed by atoms with Gasteiger partial charge in [-0.25, -0.2) is 9.97 Å². The van der Waals surface area contributed by atoms with Crippen molar-refractivity contribution in [2.45, 2.75) is 41.5 Å². The Morgan fingerprint density at radius 1 is 0.409 bits per heavy atom. The Hall–Kier alpha value is -5.36. The summed E-state index contributed by atoms with van der Waals surface area (Å²) in [4.78, 5) is 29.1. The number of rotatable bonds is 8. The van der Waals surface area contributed by atoms with E-state index in [4.69, 9.17) is 29.9 Å². The lowest BCUT2D eigenvalue weighted by Gasteiger charge is -2.10. The van der Waals surface area contributed by atoms with Crippen molar-refractivity contribution in [1.82, 2.24) is 9.97 Å². The standard InChI is InChI=1S/C38H36N6/c1-25-23-38(42-30(6)36-22-14-20-34(44-36)28(4)40-32-17-11-8-12-18-32)26(2)24-37(25)41-29(5)35-21-13-19-33(43-35)27(3)39-31-15-9-7-10-16-31/h7-24H,1-6H3. The molecule has 5 rings (SSSR count).